The molecule has 11 heteroatoms. The third-order valence-electron chi connectivity index (χ3n) is 7.65. The molecule has 0 bridgehead atoms. The smallest absolute Gasteiger partial charge is 0.243 e. The van der Waals surface area contributed by atoms with Crippen LogP contribution in [-0.2, 0) is 30.8 Å². The Morgan fingerprint density at radius 1 is 1.03 bits per heavy atom. The van der Waals surface area contributed by atoms with Crippen molar-refractivity contribution in [2.45, 2.75) is 67.5 Å². The molecule has 0 radical (unpaired) electrons. The van der Waals surface area contributed by atoms with E-state index in [-0.39, 0.29) is 49.1 Å². The first-order valence-corrected chi connectivity index (χ1v) is 15.3. The Morgan fingerprint density at radius 2 is 1.79 bits per heavy atom. The van der Waals surface area contributed by atoms with Crippen molar-refractivity contribution in [1.82, 2.24) is 14.5 Å². The SMILES string of the molecule is O=C(C[C@H]1CC[C@@H]2[C@H](COC[C@@H](O)CN2S(=O)(=O)c2ccc(Cl)cc2)O1)N[C@@H]1CCN(Cc2ccccc2)C1. The van der Waals surface area contributed by atoms with Gasteiger partial charge in [0, 0.05) is 37.2 Å². The normalized spacial score (nSPS) is 28.8. The fourth-order valence-electron chi connectivity index (χ4n) is 5.74. The van der Waals surface area contributed by atoms with E-state index in [1.54, 1.807) is 0 Å². The summed E-state index contributed by atoms with van der Waals surface area (Å²) in [4.78, 5) is 15.4. The van der Waals surface area contributed by atoms with Crippen molar-refractivity contribution < 1.29 is 27.8 Å². The minimum atomic E-state index is -3.91. The van der Waals surface area contributed by atoms with Crippen LogP contribution in [0.2, 0.25) is 5.02 Å². The number of nitrogens with zero attached hydrogens (tertiary/aromatic N) is 2. The lowest BCUT2D eigenvalue weighted by Crippen LogP contribution is -2.57. The molecule has 5 rings (SSSR count). The van der Waals surface area contributed by atoms with Crippen LogP contribution in [0.5, 0.6) is 0 Å². The van der Waals surface area contributed by atoms with Gasteiger partial charge < -0.3 is 19.9 Å². The lowest BCUT2D eigenvalue weighted by Gasteiger charge is -2.43. The lowest BCUT2D eigenvalue weighted by molar-refractivity contribution is -0.146. The third-order valence-corrected chi connectivity index (χ3v) is 9.81. The third kappa shape index (κ3) is 7.18. The quantitative estimate of drug-likeness (QED) is 0.520. The van der Waals surface area contributed by atoms with E-state index in [0.717, 1.165) is 26.1 Å². The summed E-state index contributed by atoms with van der Waals surface area (Å²) in [6.07, 6.45) is 0.319. The zero-order chi connectivity index (χ0) is 27.4. The summed E-state index contributed by atoms with van der Waals surface area (Å²) in [6, 6.07) is 15.9. The second kappa shape index (κ2) is 12.6. The molecule has 0 aliphatic carbocycles. The van der Waals surface area contributed by atoms with E-state index in [0.29, 0.717) is 17.9 Å². The van der Waals surface area contributed by atoms with Gasteiger partial charge in [0.05, 0.1) is 48.9 Å². The average molecular weight is 578 g/mol. The monoisotopic (exact) mass is 577 g/mol. The van der Waals surface area contributed by atoms with Gasteiger partial charge in [-0.25, -0.2) is 8.42 Å². The summed E-state index contributed by atoms with van der Waals surface area (Å²) in [5.41, 5.74) is 1.26. The molecule has 3 aliphatic heterocycles. The van der Waals surface area contributed by atoms with Crippen molar-refractivity contribution >= 4 is 27.5 Å². The van der Waals surface area contributed by atoms with Gasteiger partial charge in [0.1, 0.15) is 0 Å². The molecule has 2 N–H and O–H groups in total. The summed E-state index contributed by atoms with van der Waals surface area (Å²) >= 11 is 5.96. The molecule has 0 unspecified atom stereocenters. The van der Waals surface area contributed by atoms with Crippen LogP contribution in [0.4, 0.5) is 0 Å². The zero-order valence-electron chi connectivity index (χ0n) is 21.8. The summed E-state index contributed by atoms with van der Waals surface area (Å²) < 4.78 is 40.4. The molecule has 212 valence electrons. The van der Waals surface area contributed by atoms with E-state index in [1.807, 2.05) is 18.2 Å². The molecule has 0 aromatic heterocycles. The first-order chi connectivity index (χ1) is 18.8. The second-order valence-electron chi connectivity index (χ2n) is 10.6. The maximum Gasteiger partial charge on any atom is 0.243 e. The molecule has 0 spiro atoms. The molecule has 39 heavy (non-hydrogen) atoms. The van der Waals surface area contributed by atoms with E-state index >= 15 is 0 Å². The Bertz CT molecular complexity index is 1220. The van der Waals surface area contributed by atoms with E-state index in [2.05, 4.69) is 22.3 Å². The molecular formula is C28H36ClN3O6S. The number of hydrogen-bond acceptors (Lipinski definition) is 7. The average Bonchev–Trinajstić information content (AvgIpc) is 3.33. The minimum Gasteiger partial charge on any atom is -0.389 e. The number of sulfonamides is 1. The van der Waals surface area contributed by atoms with Crippen LogP contribution >= 0.6 is 11.6 Å². The maximum atomic E-state index is 13.6. The molecule has 3 aliphatic rings. The Balaban J connectivity index is 1.18. The van der Waals surface area contributed by atoms with E-state index in [4.69, 9.17) is 21.1 Å². The Hall–Kier alpha value is -2.05. The predicted molar refractivity (Wildman–Crippen MR) is 147 cm³/mol. The number of rotatable bonds is 7. The van der Waals surface area contributed by atoms with Crippen LogP contribution in [0.1, 0.15) is 31.2 Å². The zero-order valence-corrected chi connectivity index (χ0v) is 23.4. The molecule has 3 saturated heterocycles. The highest BCUT2D eigenvalue weighted by Gasteiger charge is 2.43. The number of amides is 1. The second-order valence-corrected chi connectivity index (χ2v) is 13.0. The topological polar surface area (TPSA) is 108 Å². The van der Waals surface area contributed by atoms with Gasteiger partial charge in [0.25, 0.3) is 0 Å². The highest BCUT2D eigenvalue weighted by molar-refractivity contribution is 7.89. The van der Waals surface area contributed by atoms with Crippen molar-refractivity contribution in [3.8, 4) is 0 Å². The number of hydrogen-bond donors (Lipinski definition) is 2. The number of carbonyl (C=O) groups is 1. The summed E-state index contributed by atoms with van der Waals surface area (Å²) in [7, 11) is -3.91. The van der Waals surface area contributed by atoms with E-state index < -0.39 is 28.3 Å². The Labute approximate surface area is 235 Å². The maximum absolute atomic E-state index is 13.6. The Morgan fingerprint density at radius 3 is 2.56 bits per heavy atom. The number of aliphatic hydroxyl groups excluding tert-OH is 1. The van der Waals surface area contributed by atoms with Crippen molar-refractivity contribution in [2.75, 3.05) is 32.8 Å². The fourth-order valence-corrected chi connectivity index (χ4v) is 7.58. The molecular weight excluding hydrogens is 542 g/mol. The first-order valence-electron chi connectivity index (χ1n) is 13.5. The van der Waals surface area contributed by atoms with Gasteiger partial charge in [-0.1, -0.05) is 41.9 Å². The summed E-state index contributed by atoms with van der Waals surface area (Å²) in [5, 5.41) is 14.0. The van der Waals surface area contributed by atoms with Gasteiger partial charge in [0.15, 0.2) is 0 Å². The molecule has 5 atom stereocenters. The number of fused-ring (bicyclic) bond motifs is 1. The van der Waals surface area contributed by atoms with Gasteiger partial charge in [-0.15, -0.1) is 0 Å². The standard InChI is InChI=1S/C28H36ClN3O6S/c29-21-6-9-25(10-7-21)39(35,36)32-17-23(33)18-37-19-27-26(32)11-8-24(38-27)14-28(34)30-22-12-13-31(16-22)15-20-4-2-1-3-5-20/h1-7,9-10,22-24,26-27,33H,8,11-19H2,(H,30,34)/t22-,23+,24-,26-,27+/m1/s1. The van der Waals surface area contributed by atoms with Gasteiger partial charge >= 0.3 is 0 Å². The molecule has 0 saturated carbocycles. The van der Waals surface area contributed by atoms with Crippen molar-refractivity contribution in [3.63, 3.8) is 0 Å². The number of β-amino-alcohol motifs (C(OH)–C–C–N with tert-alkyl or cyclic N) is 1. The van der Waals surface area contributed by atoms with Gasteiger partial charge in [-0.2, -0.15) is 4.31 Å². The van der Waals surface area contributed by atoms with Crippen LogP contribution in [0, 0.1) is 0 Å². The molecule has 2 aromatic rings. The molecule has 3 heterocycles. The predicted octanol–water partition coefficient (Wildman–Crippen LogP) is 2.42. The Kier molecular flexibility index (Phi) is 9.23. The van der Waals surface area contributed by atoms with Crippen molar-refractivity contribution in [3.05, 3.63) is 65.2 Å². The fraction of sp³-hybridized carbons (Fsp3) is 0.536. The van der Waals surface area contributed by atoms with Crippen molar-refractivity contribution in [1.29, 1.82) is 0 Å². The number of ether oxygens (including phenoxy) is 2. The van der Waals surface area contributed by atoms with Gasteiger partial charge in [0.2, 0.25) is 15.9 Å². The molecule has 1 amide bonds. The van der Waals surface area contributed by atoms with Crippen LogP contribution in [0.15, 0.2) is 59.5 Å². The number of likely N-dealkylation sites (tertiary alicyclic amines) is 1. The molecule has 3 fully saturated rings. The van der Waals surface area contributed by atoms with Crippen LogP contribution < -0.4 is 5.32 Å². The number of nitrogens with one attached hydrogen (secondary N) is 1. The van der Waals surface area contributed by atoms with Gasteiger partial charge in [-0.05, 0) is 49.1 Å². The minimum absolute atomic E-state index is 0.00549. The highest BCUT2D eigenvalue weighted by Crippen LogP contribution is 2.32. The number of carbonyl (C=O) groups excluding carboxylic acids is 1. The molecule has 9 nitrogen and oxygen atoms in total. The van der Waals surface area contributed by atoms with E-state index in [1.165, 1.54) is 34.1 Å². The number of benzene rings is 2. The lowest BCUT2D eigenvalue weighted by atomic mass is 9.96. The summed E-state index contributed by atoms with van der Waals surface area (Å²) in [6.45, 7) is 2.66. The van der Waals surface area contributed by atoms with Crippen LogP contribution in [0.25, 0.3) is 0 Å². The first kappa shape index (κ1) is 28.5. The number of aliphatic hydroxyl groups is 1. The largest absolute Gasteiger partial charge is 0.389 e. The molecule has 2 aromatic carbocycles. The van der Waals surface area contributed by atoms with E-state index in [9.17, 15) is 18.3 Å². The highest BCUT2D eigenvalue weighted by atomic mass is 35.5. The van der Waals surface area contributed by atoms with Crippen LogP contribution in [-0.4, -0.2) is 91.9 Å². The van der Waals surface area contributed by atoms with Gasteiger partial charge in [-0.3, -0.25) is 9.69 Å². The van der Waals surface area contributed by atoms with Crippen LogP contribution in [0.3, 0.4) is 0 Å². The van der Waals surface area contributed by atoms with Crippen molar-refractivity contribution in [2.24, 2.45) is 0 Å². The summed E-state index contributed by atoms with van der Waals surface area (Å²) in [5.74, 6) is -0.0576. The number of halogens is 1.